The Labute approximate surface area is 133 Å². The van der Waals surface area contributed by atoms with Crippen molar-refractivity contribution in [1.29, 1.82) is 0 Å². The summed E-state index contributed by atoms with van der Waals surface area (Å²) in [7, 11) is 1.81. The molecule has 6 nitrogen and oxygen atoms in total. The van der Waals surface area contributed by atoms with Gasteiger partial charge in [-0.1, -0.05) is 6.42 Å². The number of urea groups is 1. The molecular formula is C15H21N5OS. The van der Waals surface area contributed by atoms with Crippen molar-refractivity contribution in [3.05, 3.63) is 33.5 Å². The highest BCUT2D eigenvalue weighted by Crippen LogP contribution is 2.28. The lowest BCUT2D eigenvalue weighted by Gasteiger charge is -2.06. The van der Waals surface area contributed by atoms with Crippen LogP contribution < -0.4 is 10.6 Å². The topological polar surface area (TPSA) is 71.8 Å². The van der Waals surface area contributed by atoms with E-state index in [0.717, 1.165) is 5.82 Å². The molecule has 1 aliphatic rings. The Morgan fingerprint density at radius 2 is 2.09 bits per heavy atom. The third-order valence-corrected chi connectivity index (χ3v) is 5.17. The number of rotatable bonds is 4. The monoisotopic (exact) mass is 319 g/mol. The summed E-state index contributed by atoms with van der Waals surface area (Å²) in [6.45, 7) is 0.964. The summed E-state index contributed by atoms with van der Waals surface area (Å²) in [6.07, 6.45) is 7.77. The highest BCUT2D eigenvalue weighted by molar-refractivity contribution is 7.12. The maximum atomic E-state index is 11.8. The minimum Gasteiger partial charge on any atom is -0.333 e. The van der Waals surface area contributed by atoms with Gasteiger partial charge < -0.3 is 10.6 Å². The minimum absolute atomic E-state index is 0.174. The second kappa shape index (κ2) is 6.91. The van der Waals surface area contributed by atoms with Crippen molar-refractivity contribution in [2.45, 2.75) is 45.2 Å². The van der Waals surface area contributed by atoms with E-state index in [9.17, 15) is 4.79 Å². The van der Waals surface area contributed by atoms with Gasteiger partial charge in [-0.25, -0.2) is 9.78 Å². The van der Waals surface area contributed by atoms with Crippen LogP contribution in [-0.2, 0) is 33.0 Å². The Bertz CT molecular complexity index is 625. The lowest BCUT2D eigenvalue weighted by molar-refractivity contribution is 0.240. The molecule has 0 atom stereocenters. The summed E-state index contributed by atoms with van der Waals surface area (Å²) in [5, 5.41) is 9.68. The number of thiophene rings is 1. The van der Waals surface area contributed by atoms with Crippen LogP contribution in [0.2, 0.25) is 0 Å². The summed E-state index contributed by atoms with van der Waals surface area (Å²) in [5.41, 5.74) is 1.48. The Morgan fingerprint density at radius 1 is 1.27 bits per heavy atom. The van der Waals surface area contributed by atoms with Crippen LogP contribution in [0.5, 0.6) is 0 Å². The normalized spacial score (nSPS) is 14.2. The molecular weight excluding hydrogens is 298 g/mol. The molecule has 2 aromatic rings. The van der Waals surface area contributed by atoms with E-state index in [1.54, 1.807) is 11.7 Å². The first-order valence-electron chi connectivity index (χ1n) is 7.67. The zero-order valence-electron chi connectivity index (χ0n) is 12.8. The summed E-state index contributed by atoms with van der Waals surface area (Å²) in [6, 6.07) is 2.08. The van der Waals surface area contributed by atoms with Crippen molar-refractivity contribution >= 4 is 17.4 Å². The van der Waals surface area contributed by atoms with Crippen LogP contribution in [0.4, 0.5) is 4.79 Å². The summed E-state index contributed by atoms with van der Waals surface area (Å²) in [5.74, 6) is 0.734. The van der Waals surface area contributed by atoms with Gasteiger partial charge in [-0.2, -0.15) is 5.10 Å². The molecule has 2 N–H and O–H groups in total. The van der Waals surface area contributed by atoms with Crippen molar-refractivity contribution in [3.8, 4) is 0 Å². The van der Waals surface area contributed by atoms with E-state index < -0.39 is 0 Å². The molecule has 2 heterocycles. The van der Waals surface area contributed by atoms with Crippen LogP contribution >= 0.6 is 11.3 Å². The molecule has 0 radical (unpaired) electrons. The molecule has 2 amide bonds. The summed E-state index contributed by atoms with van der Waals surface area (Å²) >= 11 is 1.84. The maximum absolute atomic E-state index is 11.8. The van der Waals surface area contributed by atoms with Crippen LogP contribution in [-0.4, -0.2) is 20.8 Å². The van der Waals surface area contributed by atoms with E-state index in [-0.39, 0.29) is 6.03 Å². The molecule has 0 aliphatic heterocycles. The van der Waals surface area contributed by atoms with Gasteiger partial charge in [0.1, 0.15) is 12.2 Å². The van der Waals surface area contributed by atoms with Gasteiger partial charge in [0.25, 0.3) is 0 Å². The first-order valence-corrected chi connectivity index (χ1v) is 8.49. The van der Waals surface area contributed by atoms with Crippen LogP contribution in [0, 0.1) is 0 Å². The molecule has 0 unspecified atom stereocenters. The fraction of sp³-hybridized carbons (Fsp3) is 0.533. The van der Waals surface area contributed by atoms with Gasteiger partial charge in [0.2, 0.25) is 0 Å². The Kier molecular flexibility index (Phi) is 4.72. The number of carbonyl (C=O) groups excluding carboxylic acids is 1. The molecule has 0 saturated carbocycles. The average Bonchev–Trinajstić information content (AvgIpc) is 3.03. The second-order valence-corrected chi connectivity index (χ2v) is 6.78. The zero-order valence-corrected chi connectivity index (χ0v) is 13.6. The number of hydrogen-bond acceptors (Lipinski definition) is 4. The van der Waals surface area contributed by atoms with Gasteiger partial charge in [-0.15, -0.1) is 11.3 Å². The highest BCUT2D eigenvalue weighted by atomic mass is 32.1. The van der Waals surface area contributed by atoms with Crippen molar-refractivity contribution in [1.82, 2.24) is 25.4 Å². The highest BCUT2D eigenvalue weighted by Gasteiger charge is 2.12. The standard InChI is InChI=1S/C15H21N5OS/c1-20-14(18-10-19-20)9-17-15(21)16-8-12-7-11-5-3-2-4-6-13(11)22-12/h7,10H,2-6,8-9H2,1H3,(H2,16,17,21). The van der Waals surface area contributed by atoms with Crippen LogP contribution in [0.1, 0.15) is 40.4 Å². The quantitative estimate of drug-likeness (QED) is 0.848. The Hall–Kier alpha value is -1.89. The zero-order chi connectivity index (χ0) is 15.4. The van der Waals surface area contributed by atoms with Crippen molar-refractivity contribution in [2.75, 3.05) is 0 Å². The van der Waals surface area contributed by atoms with Gasteiger partial charge >= 0.3 is 6.03 Å². The molecule has 118 valence electrons. The van der Waals surface area contributed by atoms with Gasteiger partial charge in [0, 0.05) is 16.8 Å². The van der Waals surface area contributed by atoms with E-state index in [2.05, 4.69) is 26.8 Å². The fourth-order valence-corrected chi connectivity index (χ4v) is 3.89. The molecule has 0 spiro atoms. The van der Waals surface area contributed by atoms with E-state index in [4.69, 9.17) is 0 Å². The molecule has 0 saturated heterocycles. The van der Waals surface area contributed by atoms with Crippen LogP contribution in [0.25, 0.3) is 0 Å². The molecule has 3 rings (SSSR count). The first-order chi connectivity index (χ1) is 10.7. The second-order valence-electron chi connectivity index (χ2n) is 5.56. The van der Waals surface area contributed by atoms with Crippen LogP contribution in [0.15, 0.2) is 12.4 Å². The molecule has 7 heteroatoms. The van der Waals surface area contributed by atoms with Gasteiger partial charge in [-0.3, -0.25) is 4.68 Å². The van der Waals surface area contributed by atoms with Crippen molar-refractivity contribution in [3.63, 3.8) is 0 Å². The number of fused-ring (bicyclic) bond motifs is 1. The van der Waals surface area contributed by atoms with E-state index >= 15 is 0 Å². The fourth-order valence-electron chi connectivity index (χ4n) is 2.69. The predicted octanol–water partition coefficient (Wildman–Crippen LogP) is 2.14. The lowest BCUT2D eigenvalue weighted by atomic mass is 10.1. The SMILES string of the molecule is Cn1ncnc1CNC(=O)NCc1cc2c(s1)CCCCC2. The minimum atomic E-state index is -0.174. The smallest absolute Gasteiger partial charge is 0.315 e. The van der Waals surface area contributed by atoms with Crippen LogP contribution in [0.3, 0.4) is 0 Å². The third kappa shape index (κ3) is 3.65. The number of nitrogens with one attached hydrogen (secondary N) is 2. The predicted molar refractivity (Wildman–Crippen MR) is 85.7 cm³/mol. The van der Waals surface area contributed by atoms with Crippen molar-refractivity contribution in [2.24, 2.45) is 7.05 Å². The third-order valence-electron chi connectivity index (χ3n) is 3.93. The Balaban J connectivity index is 1.48. The number of nitrogens with zero attached hydrogens (tertiary/aromatic N) is 3. The average molecular weight is 319 g/mol. The molecule has 22 heavy (non-hydrogen) atoms. The molecule has 2 aromatic heterocycles. The number of amides is 2. The number of hydrogen-bond donors (Lipinski definition) is 2. The molecule has 0 fully saturated rings. The lowest BCUT2D eigenvalue weighted by Crippen LogP contribution is -2.35. The molecule has 0 bridgehead atoms. The summed E-state index contributed by atoms with van der Waals surface area (Å²) in [4.78, 5) is 18.7. The first kappa shape index (κ1) is 15.0. The van der Waals surface area contributed by atoms with E-state index in [0.29, 0.717) is 13.1 Å². The summed E-state index contributed by atoms with van der Waals surface area (Å²) < 4.78 is 1.65. The van der Waals surface area contributed by atoms with E-state index in [1.807, 2.05) is 11.3 Å². The van der Waals surface area contributed by atoms with Gasteiger partial charge in [0.15, 0.2) is 0 Å². The van der Waals surface area contributed by atoms with Gasteiger partial charge in [0.05, 0.1) is 13.1 Å². The molecule has 1 aliphatic carbocycles. The number of aryl methyl sites for hydroxylation is 3. The molecule has 0 aromatic carbocycles. The number of carbonyl (C=O) groups is 1. The Morgan fingerprint density at radius 3 is 2.91 bits per heavy atom. The maximum Gasteiger partial charge on any atom is 0.315 e. The van der Waals surface area contributed by atoms with Gasteiger partial charge in [-0.05, 0) is 37.3 Å². The van der Waals surface area contributed by atoms with E-state index in [1.165, 1.54) is 53.7 Å². The van der Waals surface area contributed by atoms with Crippen molar-refractivity contribution < 1.29 is 4.79 Å². The largest absolute Gasteiger partial charge is 0.333 e. The number of aromatic nitrogens is 3.